The highest BCUT2D eigenvalue weighted by Gasteiger charge is 2.27. The summed E-state index contributed by atoms with van der Waals surface area (Å²) in [5, 5.41) is 6.43. The number of hydrogen-bond acceptors (Lipinski definition) is 3. The Morgan fingerprint density at radius 2 is 2.17 bits per heavy atom. The fourth-order valence-electron chi connectivity index (χ4n) is 2.67. The Morgan fingerprint density at radius 3 is 2.72 bits per heavy atom. The molecule has 3 unspecified atom stereocenters. The van der Waals surface area contributed by atoms with E-state index in [2.05, 4.69) is 36.3 Å². The largest absolute Gasteiger partial charge is 0.353 e. The zero-order valence-corrected chi connectivity index (χ0v) is 12.3. The van der Waals surface area contributed by atoms with E-state index in [0.29, 0.717) is 18.5 Å². The lowest BCUT2D eigenvalue weighted by Crippen LogP contribution is -2.51. The minimum atomic E-state index is 0.169. The molecule has 1 heterocycles. The molecule has 0 radical (unpaired) electrons. The van der Waals surface area contributed by atoms with E-state index in [1.54, 1.807) is 0 Å². The zero-order valence-electron chi connectivity index (χ0n) is 12.3. The molecule has 106 valence electrons. The van der Waals surface area contributed by atoms with Crippen molar-refractivity contribution in [2.24, 2.45) is 5.92 Å². The van der Waals surface area contributed by atoms with Gasteiger partial charge in [0.2, 0.25) is 5.91 Å². The summed E-state index contributed by atoms with van der Waals surface area (Å²) in [6.45, 7) is 9.00. The van der Waals surface area contributed by atoms with Gasteiger partial charge in [0.25, 0.3) is 0 Å². The summed E-state index contributed by atoms with van der Waals surface area (Å²) >= 11 is 0. The van der Waals surface area contributed by atoms with Crippen LogP contribution in [0.2, 0.25) is 0 Å². The number of hydrogen-bond donors (Lipinski definition) is 2. The van der Waals surface area contributed by atoms with E-state index < -0.39 is 0 Å². The third-order valence-electron chi connectivity index (χ3n) is 4.10. The van der Waals surface area contributed by atoms with Gasteiger partial charge in [-0.3, -0.25) is 9.69 Å². The average Bonchev–Trinajstić information content (AvgIpc) is 2.38. The van der Waals surface area contributed by atoms with E-state index in [0.717, 1.165) is 25.9 Å². The van der Waals surface area contributed by atoms with E-state index in [9.17, 15) is 4.79 Å². The van der Waals surface area contributed by atoms with Crippen LogP contribution in [0.4, 0.5) is 0 Å². The minimum Gasteiger partial charge on any atom is -0.353 e. The lowest BCUT2D eigenvalue weighted by Gasteiger charge is -2.38. The Balaban J connectivity index is 2.37. The number of nitrogens with one attached hydrogen (secondary N) is 2. The van der Waals surface area contributed by atoms with Crippen molar-refractivity contribution in [3.8, 4) is 0 Å². The summed E-state index contributed by atoms with van der Waals surface area (Å²) in [7, 11) is 2.04. The van der Waals surface area contributed by atoms with Gasteiger partial charge in [-0.1, -0.05) is 20.3 Å². The molecule has 1 rings (SSSR count). The van der Waals surface area contributed by atoms with Crippen LogP contribution in [0, 0.1) is 5.92 Å². The van der Waals surface area contributed by atoms with Gasteiger partial charge in [-0.2, -0.15) is 0 Å². The minimum absolute atomic E-state index is 0.169. The predicted molar refractivity (Wildman–Crippen MR) is 75.6 cm³/mol. The molecule has 1 aliphatic heterocycles. The Labute approximate surface area is 111 Å². The molecule has 2 N–H and O–H groups in total. The Bertz CT molecular complexity index is 257. The van der Waals surface area contributed by atoms with Crippen molar-refractivity contribution in [2.45, 2.75) is 52.1 Å². The molecule has 1 saturated heterocycles. The molecule has 1 fully saturated rings. The molecule has 0 aromatic carbocycles. The fraction of sp³-hybridized carbons (Fsp3) is 0.929. The summed E-state index contributed by atoms with van der Waals surface area (Å²) in [5.74, 6) is 0.835. The van der Waals surface area contributed by atoms with Crippen LogP contribution in [-0.2, 0) is 4.79 Å². The monoisotopic (exact) mass is 255 g/mol. The first-order valence-electron chi connectivity index (χ1n) is 7.29. The van der Waals surface area contributed by atoms with Gasteiger partial charge in [-0.15, -0.1) is 0 Å². The van der Waals surface area contributed by atoms with Gasteiger partial charge in [0.1, 0.15) is 0 Å². The normalized spacial score (nSPS) is 26.9. The van der Waals surface area contributed by atoms with Crippen LogP contribution < -0.4 is 10.6 Å². The number of amides is 1. The van der Waals surface area contributed by atoms with Crippen molar-refractivity contribution in [1.82, 2.24) is 15.5 Å². The van der Waals surface area contributed by atoms with Crippen molar-refractivity contribution >= 4 is 5.91 Å². The maximum atomic E-state index is 11.9. The van der Waals surface area contributed by atoms with Crippen LogP contribution in [0.5, 0.6) is 0 Å². The number of nitrogens with zero attached hydrogens (tertiary/aromatic N) is 1. The molecule has 0 aliphatic carbocycles. The maximum Gasteiger partial charge on any atom is 0.234 e. The summed E-state index contributed by atoms with van der Waals surface area (Å²) in [6, 6.07) is 0.901. The molecule has 0 saturated carbocycles. The van der Waals surface area contributed by atoms with Crippen molar-refractivity contribution in [3.05, 3.63) is 0 Å². The van der Waals surface area contributed by atoms with Gasteiger partial charge in [-0.05, 0) is 32.7 Å². The van der Waals surface area contributed by atoms with Gasteiger partial charge in [-0.25, -0.2) is 0 Å². The standard InChI is InChI=1S/C14H29N3O/c1-5-11(3)16-14(18)10-17-8-7-13(15-4)12(6-2)9-17/h11-13,15H,5-10H2,1-4H3,(H,16,18). The van der Waals surface area contributed by atoms with E-state index in [1.165, 1.54) is 6.42 Å². The average molecular weight is 255 g/mol. The lowest BCUT2D eigenvalue weighted by atomic mass is 9.90. The van der Waals surface area contributed by atoms with Crippen molar-refractivity contribution in [2.75, 3.05) is 26.7 Å². The smallest absolute Gasteiger partial charge is 0.234 e. The van der Waals surface area contributed by atoms with Crippen LogP contribution >= 0.6 is 0 Å². The molecule has 1 aliphatic rings. The van der Waals surface area contributed by atoms with E-state index in [-0.39, 0.29) is 11.9 Å². The second-order valence-electron chi connectivity index (χ2n) is 5.46. The fourth-order valence-corrected chi connectivity index (χ4v) is 2.67. The lowest BCUT2D eigenvalue weighted by molar-refractivity contribution is -0.123. The molecule has 0 aromatic rings. The molecule has 0 bridgehead atoms. The number of rotatable bonds is 6. The zero-order chi connectivity index (χ0) is 13.5. The molecule has 4 nitrogen and oxygen atoms in total. The second-order valence-corrected chi connectivity index (χ2v) is 5.46. The van der Waals surface area contributed by atoms with Gasteiger partial charge in [0.05, 0.1) is 6.54 Å². The third-order valence-corrected chi connectivity index (χ3v) is 4.10. The molecule has 0 spiro atoms. The molecular formula is C14H29N3O. The number of likely N-dealkylation sites (tertiary alicyclic amines) is 1. The quantitative estimate of drug-likeness (QED) is 0.750. The van der Waals surface area contributed by atoms with Gasteiger partial charge >= 0.3 is 0 Å². The van der Waals surface area contributed by atoms with Crippen LogP contribution in [0.25, 0.3) is 0 Å². The molecule has 3 atom stereocenters. The summed E-state index contributed by atoms with van der Waals surface area (Å²) < 4.78 is 0. The van der Waals surface area contributed by atoms with Crippen LogP contribution in [0.3, 0.4) is 0 Å². The molecule has 18 heavy (non-hydrogen) atoms. The SMILES string of the molecule is CCC(C)NC(=O)CN1CCC(NC)C(CC)C1. The van der Waals surface area contributed by atoms with Crippen LogP contribution in [0.1, 0.15) is 40.0 Å². The van der Waals surface area contributed by atoms with Crippen molar-refractivity contribution in [3.63, 3.8) is 0 Å². The van der Waals surface area contributed by atoms with Crippen molar-refractivity contribution < 1.29 is 4.79 Å². The third kappa shape index (κ3) is 4.58. The first kappa shape index (κ1) is 15.4. The Hall–Kier alpha value is -0.610. The van der Waals surface area contributed by atoms with Crippen LogP contribution in [0.15, 0.2) is 0 Å². The van der Waals surface area contributed by atoms with E-state index in [4.69, 9.17) is 0 Å². The maximum absolute atomic E-state index is 11.9. The summed E-state index contributed by atoms with van der Waals surface area (Å²) in [6.07, 6.45) is 3.31. The highest BCUT2D eigenvalue weighted by Crippen LogP contribution is 2.19. The first-order chi connectivity index (χ1) is 8.60. The number of carbonyl (C=O) groups is 1. The van der Waals surface area contributed by atoms with Gasteiger partial charge in [0.15, 0.2) is 0 Å². The second kappa shape index (κ2) is 7.74. The van der Waals surface area contributed by atoms with Gasteiger partial charge in [0, 0.05) is 25.2 Å². The highest BCUT2D eigenvalue weighted by atomic mass is 16.2. The predicted octanol–water partition coefficient (Wildman–Crippen LogP) is 1.22. The van der Waals surface area contributed by atoms with Gasteiger partial charge < -0.3 is 10.6 Å². The van der Waals surface area contributed by atoms with Crippen LogP contribution in [-0.4, -0.2) is 49.6 Å². The Morgan fingerprint density at radius 1 is 1.44 bits per heavy atom. The van der Waals surface area contributed by atoms with E-state index >= 15 is 0 Å². The molecule has 4 heteroatoms. The number of carbonyl (C=O) groups excluding carboxylic acids is 1. The molecule has 1 amide bonds. The topological polar surface area (TPSA) is 44.4 Å². The highest BCUT2D eigenvalue weighted by molar-refractivity contribution is 5.78. The molecule has 0 aromatic heterocycles. The Kier molecular flexibility index (Phi) is 6.65. The number of piperidine rings is 1. The van der Waals surface area contributed by atoms with Crippen molar-refractivity contribution in [1.29, 1.82) is 0 Å². The summed E-state index contributed by atoms with van der Waals surface area (Å²) in [5.41, 5.74) is 0. The first-order valence-corrected chi connectivity index (χ1v) is 7.29. The molecular weight excluding hydrogens is 226 g/mol. The summed E-state index contributed by atoms with van der Waals surface area (Å²) in [4.78, 5) is 14.1. The van der Waals surface area contributed by atoms with E-state index in [1.807, 2.05) is 7.05 Å².